The lowest BCUT2D eigenvalue weighted by Crippen LogP contribution is -2.36. The number of halogens is 1. The van der Waals surface area contributed by atoms with E-state index in [1.807, 2.05) is 13.8 Å². The molecule has 0 aliphatic carbocycles. The molecule has 0 spiro atoms. The molecule has 1 N–H and O–H groups in total. The molecule has 5 nitrogen and oxygen atoms in total. The zero-order valence-electron chi connectivity index (χ0n) is 11.4. The van der Waals surface area contributed by atoms with Crippen LogP contribution in [-0.4, -0.2) is 42.1 Å². The van der Waals surface area contributed by atoms with E-state index in [1.165, 1.54) is 18.2 Å². The number of nitrogens with zero attached hydrogens (tertiary/aromatic N) is 1. The van der Waals surface area contributed by atoms with E-state index < -0.39 is 17.8 Å². The van der Waals surface area contributed by atoms with Crippen LogP contribution >= 0.6 is 0 Å². The van der Waals surface area contributed by atoms with Gasteiger partial charge in [0.25, 0.3) is 5.91 Å². The van der Waals surface area contributed by atoms with Crippen molar-refractivity contribution in [2.45, 2.75) is 26.0 Å². The predicted molar refractivity (Wildman–Crippen MR) is 70.8 cm³/mol. The SMILES string of the molecule is CC(C)N1CC(CNC(=O)c2ccccc2F)OC1=O. The number of cyclic esters (lactones) is 1. The van der Waals surface area contributed by atoms with Gasteiger partial charge in [0.15, 0.2) is 0 Å². The summed E-state index contributed by atoms with van der Waals surface area (Å²) in [7, 11) is 0. The molecule has 2 amide bonds. The normalized spacial score (nSPS) is 18.3. The highest BCUT2D eigenvalue weighted by atomic mass is 19.1. The van der Waals surface area contributed by atoms with Gasteiger partial charge in [-0.3, -0.25) is 4.79 Å². The van der Waals surface area contributed by atoms with E-state index in [2.05, 4.69) is 5.32 Å². The molecule has 2 rings (SSSR count). The van der Waals surface area contributed by atoms with Crippen LogP contribution in [0.1, 0.15) is 24.2 Å². The number of nitrogens with one attached hydrogen (secondary N) is 1. The molecule has 0 saturated carbocycles. The van der Waals surface area contributed by atoms with E-state index in [-0.39, 0.29) is 24.2 Å². The number of rotatable bonds is 4. The van der Waals surface area contributed by atoms with Gasteiger partial charge in [-0.25, -0.2) is 9.18 Å². The van der Waals surface area contributed by atoms with Crippen molar-refractivity contribution in [3.63, 3.8) is 0 Å². The lowest BCUT2D eigenvalue weighted by atomic mass is 10.2. The number of carbonyl (C=O) groups excluding carboxylic acids is 2. The van der Waals surface area contributed by atoms with Crippen LogP contribution < -0.4 is 5.32 Å². The highest BCUT2D eigenvalue weighted by Crippen LogP contribution is 2.14. The summed E-state index contributed by atoms with van der Waals surface area (Å²) < 4.78 is 18.5. The average Bonchev–Trinajstić information content (AvgIpc) is 2.78. The van der Waals surface area contributed by atoms with Crippen LogP contribution in [-0.2, 0) is 4.74 Å². The maximum atomic E-state index is 13.4. The number of hydrogen-bond donors (Lipinski definition) is 1. The molecule has 0 aromatic heterocycles. The highest BCUT2D eigenvalue weighted by molar-refractivity contribution is 5.94. The molecule has 1 aromatic rings. The van der Waals surface area contributed by atoms with Crippen LogP contribution in [0.15, 0.2) is 24.3 Å². The number of amides is 2. The summed E-state index contributed by atoms with van der Waals surface area (Å²) in [6.45, 7) is 4.37. The van der Waals surface area contributed by atoms with Crippen molar-refractivity contribution in [3.05, 3.63) is 35.6 Å². The van der Waals surface area contributed by atoms with Gasteiger partial charge in [-0.1, -0.05) is 12.1 Å². The first-order chi connectivity index (χ1) is 9.49. The van der Waals surface area contributed by atoms with Crippen molar-refractivity contribution >= 4 is 12.0 Å². The minimum Gasteiger partial charge on any atom is -0.442 e. The summed E-state index contributed by atoms with van der Waals surface area (Å²) >= 11 is 0. The monoisotopic (exact) mass is 280 g/mol. The fourth-order valence-corrected chi connectivity index (χ4v) is 2.02. The Balaban J connectivity index is 1.89. The maximum absolute atomic E-state index is 13.4. The van der Waals surface area contributed by atoms with Gasteiger partial charge in [0, 0.05) is 6.04 Å². The molecule has 1 aliphatic heterocycles. The summed E-state index contributed by atoms with van der Waals surface area (Å²) in [5.74, 6) is -1.08. The highest BCUT2D eigenvalue weighted by Gasteiger charge is 2.32. The van der Waals surface area contributed by atoms with Gasteiger partial charge in [0.05, 0.1) is 18.7 Å². The molecule has 1 aliphatic rings. The minimum atomic E-state index is -0.572. The molecule has 1 heterocycles. The van der Waals surface area contributed by atoms with E-state index in [0.717, 1.165) is 0 Å². The zero-order valence-corrected chi connectivity index (χ0v) is 11.4. The average molecular weight is 280 g/mol. The molecule has 1 unspecified atom stereocenters. The molecule has 1 aromatic carbocycles. The first kappa shape index (κ1) is 14.3. The Kier molecular flexibility index (Phi) is 4.22. The quantitative estimate of drug-likeness (QED) is 0.914. The van der Waals surface area contributed by atoms with Crippen molar-refractivity contribution in [1.29, 1.82) is 0 Å². The van der Waals surface area contributed by atoms with Gasteiger partial charge in [-0.05, 0) is 26.0 Å². The summed E-state index contributed by atoms with van der Waals surface area (Å²) in [4.78, 5) is 24.9. The predicted octanol–water partition coefficient (Wildman–Crippen LogP) is 1.78. The van der Waals surface area contributed by atoms with Crippen LogP contribution in [0.2, 0.25) is 0 Å². The van der Waals surface area contributed by atoms with Crippen LogP contribution in [0.25, 0.3) is 0 Å². The summed E-state index contributed by atoms with van der Waals surface area (Å²) in [6.07, 6.45) is -0.786. The Labute approximate surface area is 116 Å². The second-order valence-corrected chi connectivity index (χ2v) is 4.94. The van der Waals surface area contributed by atoms with Crippen molar-refractivity contribution in [2.75, 3.05) is 13.1 Å². The van der Waals surface area contributed by atoms with E-state index in [9.17, 15) is 14.0 Å². The van der Waals surface area contributed by atoms with E-state index in [0.29, 0.717) is 6.54 Å². The zero-order chi connectivity index (χ0) is 14.7. The Morgan fingerprint density at radius 3 is 2.80 bits per heavy atom. The Morgan fingerprint density at radius 1 is 1.50 bits per heavy atom. The van der Waals surface area contributed by atoms with Crippen LogP contribution in [0.5, 0.6) is 0 Å². The lowest BCUT2D eigenvalue weighted by Gasteiger charge is -2.16. The largest absolute Gasteiger partial charge is 0.442 e. The molecule has 0 bridgehead atoms. The van der Waals surface area contributed by atoms with Crippen LogP contribution in [0.3, 0.4) is 0 Å². The first-order valence-corrected chi connectivity index (χ1v) is 6.49. The van der Waals surface area contributed by atoms with E-state index >= 15 is 0 Å². The van der Waals surface area contributed by atoms with Gasteiger partial charge in [0.1, 0.15) is 11.9 Å². The van der Waals surface area contributed by atoms with Crippen LogP contribution in [0, 0.1) is 5.82 Å². The van der Waals surface area contributed by atoms with Gasteiger partial charge >= 0.3 is 6.09 Å². The summed E-state index contributed by atoms with van der Waals surface area (Å²) in [5.41, 5.74) is -0.0162. The van der Waals surface area contributed by atoms with Crippen molar-refractivity contribution in [2.24, 2.45) is 0 Å². The van der Waals surface area contributed by atoms with Gasteiger partial charge in [-0.2, -0.15) is 0 Å². The third-order valence-corrected chi connectivity index (χ3v) is 3.13. The second kappa shape index (κ2) is 5.90. The minimum absolute atomic E-state index is 0.0162. The number of carbonyl (C=O) groups is 2. The first-order valence-electron chi connectivity index (χ1n) is 6.49. The molecule has 6 heteroatoms. The molecule has 20 heavy (non-hydrogen) atoms. The van der Waals surface area contributed by atoms with Gasteiger partial charge in [-0.15, -0.1) is 0 Å². The number of hydrogen-bond acceptors (Lipinski definition) is 3. The molecule has 0 radical (unpaired) electrons. The summed E-state index contributed by atoms with van der Waals surface area (Å²) in [6, 6.07) is 5.80. The molecule has 1 atom stereocenters. The standard InChI is InChI=1S/C14H17FN2O3/c1-9(2)17-8-10(20-14(17)19)7-16-13(18)11-5-3-4-6-12(11)15/h3-6,9-10H,7-8H2,1-2H3,(H,16,18). The lowest BCUT2D eigenvalue weighted by molar-refractivity contribution is 0.0910. The third-order valence-electron chi connectivity index (χ3n) is 3.13. The second-order valence-electron chi connectivity index (χ2n) is 4.94. The Hall–Kier alpha value is -2.11. The summed E-state index contributed by atoms with van der Waals surface area (Å²) in [5, 5.41) is 2.58. The fraction of sp³-hybridized carbons (Fsp3) is 0.429. The Bertz CT molecular complexity index is 519. The van der Waals surface area contributed by atoms with Crippen molar-refractivity contribution in [3.8, 4) is 0 Å². The molecule has 1 fully saturated rings. The topological polar surface area (TPSA) is 58.6 Å². The molecular formula is C14H17FN2O3. The van der Waals surface area contributed by atoms with Gasteiger partial charge in [0.2, 0.25) is 0 Å². The van der Waals surface area contributed by atoms with E-state index in [4.69, 9.17) is 4.74 Å². The molecule has 108 valence electrons. The van der Waals surface area contributed by atoms with E-state index in [1.54, 1.807) is 11.0 Å². The number of ether oxygens (including phenoxy) is 1. The fourth-order valence-electron chi connectivity index (χ4n) is 2.02. The van der Waals surface area contributed by atoms with Gasteiger partial charge < -0.3 is 15.0 Å². The molecule has 1 saturated heterocycles. The maximum Gasteiger partial charge on any atom is 0.410 e. The Morgan fingerprint density at radius 2 is 2.20 bits per heavy atom. The smallest absolute Gasteiger partial charge is 0.410 e. The number of benzene rings is 1. The molecular weight excluding hydrogens is 263 g/mol. The van der Waals surface area contributed by atoms with Crippen LogP contribution in [0.4, 0.5) is 9.18 Å². The van der Waals surface area contributed by atoms with Crippen molar-refractivity contribution in [1.82, 2.24) is 10.2 Å². The third kappa shape index (κ3) is 3.07. The van der Waals surface area contributed by atoms with Crippen molar-refractivity contribution < 1.29 is 18.7 Å².